The fraction of sp³-hybridized carbons (Fsp3) is 0.167. The Hall–Kier alpha value is -1.59. The number of halogens is 1. The number of hydrogen-bond donors (Lipinski definition) is 1. The number of benzene rings is 1. The van der Waals surface area contributed by atoms with Gasteiger partial charge in [-0.25, -0.2) is 4.98 Å². The molecule has 6 heteroatoms. The largest absolute Gasteiger partial charge is 0.359 e. The van der Waals surface area contributed by atoms with Crippen molar-refractivity contribution in [1.29, 1.82) is 0 Å². The van der Waals surface area contributed by atoms with E-state index in [1.165, 1.54) is 0 Å². The Bertz CT molecular complexity index is 692. The summed E-state index contributed by atoms with van der Waals surface area (Å²) in [6.07, 6.45) is 0. The molecule has 0 unspecified atom stereocenters. The van der Waals surface area contributed by atoms with Gasteiger partial charge < -0.3 is 9.84 Å². The highest BCUT2D eigenvalue weighted by molar-refractivity contribution is 7.22. The number of hydrogen-bond acceptors (Lipinski definition) is 5. The maximum absolute atomic E-state index is 5.92. The van der Waals surface area contributed by atoms with Crippen LogP contribution in [0.2, 0.25) is 5.02 Å². The molecule has 0 saturated carbocycles. The number of nitrogens with zero attached hydrogens (tertiary/aromatic N) is 2. The Labute approximate surface area is 113 Å². The highest BCUT2D eigenvalue weighted by atomic mass is 35.5. The molecule has 4 nitrogen and oxygen atoms in total. The van der Waals surface area contributed by atoms with Crippen molar-refractivity contribution in [2.45, 2.75) is 13.5 Å². The van der Waals surface area contributed by atoms with E-state index in [0.717, 1.165) is 26.8 Å². The maximum atomic E-state index is 5.92. The van der Waals surface area contributed by atoms with Crippen LogP contribution in [0.15, 0.2) is 28.8 Å². The van der Waals surface area contributed by atoms with Crippen molar-refractivity contribution in [1.82, 2.24) is 10.1 Å². The molecule has 2 aromatic heterocycles. The molecule has 0 spiro atoms. The van der Waals surface area contributed by atoms with Crippen LogP contribution in [0.1, 0.15) is 11.5 Å². The van der Waals surface area contributed by atoms with E-state index in [-0.39, 0.29) is 0 Å². The van der Waals surface area contributed by atoms with Gasteiger partial charge in [-0.3, -0.25) is 0 Å². The van der Waals surface area contributed by atoms with Gasteiger partial charge in [0.05, 0.1) is 22.5 Å². The predicted octanol–water partition coefficient (Wildman–Crippen LogP) is 3.86. The SMILES string of the molecule is Cc1cc(CNc2nc3cc(Cl)ccc3s2)on1. The molecule has 3 aromatic rings. The molecule has 1 aromatic carbocycles. The first kappa shape index (κ1) is 11.5. The minimum Gasteiger partial charge on any atom is -0.359 e. The first-order chi connectivity index (χ1) is 8.70. The minimum atomic E-state index is 0.578. The number of aryl methyl sites for hydroxylation is 1. The van der Waals surface area contributed by atoms with Crippen LogP contribution in [0, 0.1) is 6.92 Å². The number of thiazole rings is 1. The molecule has 0 radical (unpaired) electrons. The fourth-order valence-electron chi connectivity index (χ4n) is 1.64. The van der Waals surface area contributed by atoms with Gasteiger partial charge in [-0.05, 0) is 25.1 Å². The summed E-state index contributed by atoms with van der Waals surface area (Å²) in [5.74, 6) is 0.796. The first-order valence-electron chi connectivity index (χ1n) is 5.43. The van der Waals surface area contributed by atoms with Gasteiger partial charge in [-0.2, -0.15) is 0 Å². The summed E-state index contributed by atoms with van der Waals surface area (Å²) in [6, 6.07) is 7.60. The number of aromatic nitrogens is 2. The highest BCUT2D eigenvalue weighted by Gasteiger charge is 2.05. The van der Waals surface area contributed by atoms with Gasteiger partial charge in [-0.15, -0.1) is 0 Å². The summed E-state index contributed by atoms with van der Waals surface area (Å²) in [4.78, 5) is 4.46. The molecule has 1 N–H and O–H groups in total. The van der Waals surface area contributed by atoms with Gasteiger partial charge in [0.2, 0.25) is 0 Å². The van der Waals surface area contributed by atoms with Gasteiger partial charge in [0.15, 0.2) is 10.9 Å². The van der Waals surface area contributed by atoms with Crippen LogP contribution in [-0.2, 0) is 6.54 Å². The highest BCUT2D eigenvalue weighted by Crippen LogP contribution is 2.28. The van der Waals surface area contributed by atoms with Crippen molar-refractivity contribution in [3.63, 3.8) is 0 Å². The van der Waals surface area contributed by atoms with E-state index < -0.39 is 0 Å². The van der Waals surface area contributed by atoms with Crippen molar-refractivity contribution in [3.05, 3.63) is 40.7 Å². The van der Waals surface area contributed by atoms with E-state index in [0.29, 0.717) is 11.6 Å². The zero-order valence-electron chi connectivity index (χ0n) is 9.61. The Morgan fingerprint density at radius 2 is 2.28 bits per heavy atom. The maximum Gasteiger partial charge on any atom is 0.184 e. The van der Waals surface area contributed by atoms with Crippen LogP contribution >= 0.6 is 22.9 Å². The number of rotatable bonds is 3. The topological polar surface area (TPSA) is 51.0 Å². The molecule has 0 aliphatic carbocycles. The molecule has 18 heavy (non-hydrogen) atoms. The van der Waals surface area contributed by atoms with Gasteiger partial charge in [0.25, 0.3) is 0 Å². The van der Waals surface area contributed by atoms with Crippen LogP contribution in [0.25, 0.3) is 10.2 Å². The lowest BCUT2D eigenvalue weighted by Gasteiger charge is -1.96. The second kappa shape index (κ2) is 4.59. The molecule has 0 aliphatic rings. The van der Waals surface area contributed by atoms with Gasteiger partial charge in [-0.1, -0.05) is 28.1 Å². The second-order valence-corrected chi connectivity index (χ2v) is 5.39. The quantitative estimate of drug-likeness (QED) is 0.791. The molecular weight excluding hydrogens is 270 g/mol. The Morgan fingerprint density at radius 3 is 3.06 bits per heavy atom. The number of fused-ring (bicyclic) bond motifs is 1. The summed E-state index contributed by atoms with van der Waals surface area (Å²) in [6.45, 7) is 2.47. The average molecular weight is 280 g/mol. The lowest BCUT2D eigenvalue weighted by atomic mass is 10.3. The fourth-order valence-corrected chi connectivity index (χ4v) is 2.65. The molecule has 0 aliphatic heterocycles. The van der Waals surface area contributed by atoms with Crippen LogP contribution in [-0.4, -0.2) is 10.1 Å². The van der Waals surface area contributed by atoms with Crippen LogP contribution in [0.3, 0.4) is 0 Å². The van der Waals surface area contributed by atoms with Gasteiger partial charge >= 0.3 is 0 Å². The smallest absolute Gasteiger partial charge is 0.184 e. The number of nitrogens with one attached hydrogen (secondary N) is 1. The third kappa shape index (κ3) is 2.32. The third-order valence-corrected chi connectivity index (χ3v) is 3.67. The third-order valence-electron chi connectivity index (χ3n) is 2.44. The Kier molecular flexibility index (Phi) is 2.93. The summed E-state index contributed by atoms with van der Waals surface area (Å²) < 4.78 is 6.23. The van der Waals surface area contributed by atoms with E-state index in [1.54, 1.807) is 11.3 Å². The minimum absolute atomic E-state index is 0.578. The van der Waals surface area contributed by atoms with E-state index in [4.69, 9.17) is 16.1 Å². The van der Waals surface area contributed by atoms with Crippen molar-refractivity contribution >= 4 is 38.3 Å². The zero-order chi connectivity index (χ0) is 12.5. The lowest BCUT2D eigenvalue weighted by molar-refractivity contribution is 0.384. The van der Waals surface area contributed by atoms with Crippen molar-refractivity contribution in [3.8, 4) is 0 Å². The molecule has 0 atom stereocenters. The van der Waals surface area contributed by atoms with Crippen LogP contribution < -0.4 is 5.32 Å². The Balaban J connectivity index is 1.78. The molecule has 0 saturated heterocycles. The van der Waals surface area contributed by atoms with Crippen molar-refractivity contribution < 1.29 is 4.52 Å². The van der Waals surface area contributed by atoms with E-state index in [1.807, 2.05) is 31.2 Å². The van der Waals surface area contributed by atoms with E-state index in [9.17, 15) is 0 Å². The van der Waals surface area contributed by atoms with E-state index in [2.05, 4.69) is 15.5 Å². The number of anilines is 1. The van der Waals surface area contributed by atoms with Gasteiger partial charge in [0, 0.05) is 11.1 Å². The molecule has 0 fully saturated rings. The zero-order valence-corrected chi connectivity index (χ0v) is 11.2. The first-order valence-corrected chi connectivity index (χ1v) is 6.62. The van der Waals surface area contributed by atoms with Crippen molar-refractivity contribution in [2.24, 2.45) is 0 Å². The molecule has 2 heterocycles. The lowest BCUT2D eigenvalue weighted by Crippen LogP contribution is -1.96. The monoisotopic (exact) mass is 279 g/mol. The van der Waals surface area contributed by atoms with Crippen molar-refractivity contribution in [2.75, 3.05) is 5.32 Å². The van der Waals surface area contributed by atoms with Crippen LogP contribution in [0.4, 0.5) is 5.13 Å². The predicted molar refractivity (Wildman–Crippen MR) is 73.2 cm³/mol. The average Bonchev–Trinajstić information content (AvgIpc) is 2.92. The van der Waals surface area contributed by atoms with Gasteiger partial charge in [0.1, 0.15) is 0 Å². The Morgan fingerprint density at radius 1 is 1.39 bits per heavy atom. The second-order valence-electron chi connectivity index (χ2n) is 3.92. The summed E-state index contributed by atoms with van der Waals surface area (Å²) >= 11 is 7.51. The summed E-state index contributed by atoms with van der Waals surface area (Å²) in [5.41, 5.74) is 1.78. The normalized spacial score (nSPS) is 11.0. The molecule has 0 amide bonds. The molecule has 92 valence electrons. The standard InChI is InChI=1S/C12H10ClN3OS/c1-7-4-9(17-16-7)6-14-12-15-10-5-8(13)2-3-11(10)18-12/h2-5H,6H2,1H3,(H,14,15). The molecule has 3 rings (SSSR count). The van der Waals surface area contributed by atoms with E-state index >= 15 is 0 Å². The molecule has 0 bridgehead atoms. The summed E-state index contributed by atoms with van der Waals surface area (Å²) in [5, 5.41) is 8.60. The molecular formula is C12H10ClN3OS. The van der Waals surface area contributed by atoms with Crippen LogP contribution in [0.5, 0.6) is 0 Å². The summed E-state index contributed by atoms with van der Waals surface area (Å²) in [7, 11) is 0.